The quantitative estimate of drug-likeness (QED) is 0.373. The maximum atomic E-state index is 12.2. The van der Waals surface area contributed by atoms with Gasteiger partial charge in [0.05, 0.1) is 5.60 Å². The van der Waals surface area contributed by atoms with E-state index >= 15 is 0 Å². The first-order valence-electron chi connectivity index (χ1n) is 10.3. The van der Waals surface area contributed by atoms with Crippen LogP contribution in [0.1, 0.15) is 105 Å². The van der Waals surface area contributed by atoms with E-state index in [1.54, 1.807) is 0 Å². The van der Waals surface area contributed by atoms with E-state index in [9.17, 15) is 4.79 Å². The van der Waals surface area contributed by atoms with Crippen LogP contribution in [-0.2, 0) is 14.3 Å². The monoisotopic (exact) mass is 338 g/mol. The molecule has 0 aromatic rings. The molecular weight excluding hydrogens is 300 g/mol. The molecule has 1 saturated carbocycles. The SMILES string of the molecule is CCCCCCCCCCC(=O)O[C@@H]1C[C@@H]2CC[C@@]1(C)OC2(C)C. The summed E-state index contributed by atoms with van der Waals surface area (Å²) in [7, 11) is 0. The lowest BCUT2D eigenvalue weighted by atomic mass is 9.67. The van der Waals surface area contributed by atoms with Crippen LogP contribution in [-0.4, -0.2) is 23.3 Å². The lowest BCUT2D eigenvalue weighted by Gasteiger charge is -2.57. The summed E-state index contributed by atoms with van der Waals surface area (Å²) in [4.78, 5) is 12.2. The molecule has 3 rings (SSSR count). The zero-order chi connectivity index (χ0) is 17.6. The fraction of sp³-hybridized carbons (Fsp3) is 0.952. The van der Waals surface area contributed by atoms with Crippen molar-refractivity contribution < 1.29 is 14.3 Å². The molecule has 24 heavy (non-hydrogen) atoms. The zero-order valence-corrected chi connectivity index (χ0v) is 16.4. The van der Waals surface area contributed by atoms with Crippen molar-refractivity contribution in [2.24, 2.45) is 5.92 Å². The third-order valence-corrected chi connectivity index (χ3v) is 6.16. The van der Waals surface area contributed by atoms with Crippen LogP contribution in [0.4, 0.5) is 0 Å². The third kappa shape index (κ3) is 5.21. The summed E-state index contributed by atoms with van der Waals surface area (Å²) in [5.41, 5.74) is -0.360. The van der Waals surface area contributed by atoms with Crippen molar-refractivity contribution in [2.75, 3.05) is 0 Å². The van der Waals surface area contributed by atoms with E-state index in [1.807, 2.05) is 0 Å². The fourth-order valence-electron chi connectivity index (χ4n) is 4.47. The normalized spacial score (nSPS) is 31.2. The summed E-state index contributed by atoms with van der Waals surface area (Å²) in [6.45, 7) is 8.72. The maximum Gasteiger partial charge on any atom is 0.306 e. The first-order valence-corrected chi connectivity index (χ1v) is 10.3. The largest absolute Gasteiger partial charge is 0.459 e. The number of carbonyl (C=O) groups excluding carboxylic acids is 1. The Kier molecular flexibility index (Phi) is 7.15. The second-order valence-corrected chi connectivity index (χ2v) is 8.69. The highest BCUT2D eigenvalue weighted by molar-refractivity contribution is 5.69. The highest BCUT2D eigenvalue weighted by Gasteiger charge is 2.55. The van der Waals surface area contributed by atoms with Gasteiger partial charge in [-0.15, -0.1) is 0 Å². The Hall–Kier alpha value is -0.570. The topological polar surface area (TPSA) is 35.5 Å². The first kappa shape index (κ1) is 19.8. The van der Waals surface area contributed by atoms with Crippen LogP contribution < -0.4 is 0 Å². The van der Waals surface area contributed by atoms with Crippen molar-refractivity contribution in [1.82, 2.24) is 0 Å². The van der Waals surface area contributed by atoms with Gasteiger partial charge >= 0.3 is 5.97 Å². The predicted octanol–water partition coefficient (Wildman–Crippen LogP) is 5.80. The van der Waals surface area contributed by atoms with Crippen molar-refractivity contribution >= 4 is 5.97 Å². The van der Waals surface area contributed by atoms with Crippen molar-refractivity contribution in [3.05, 3.63) is 0 Å². The van der Waals surface area contributed by atoms with Gasteiger partial charge in [0.15, 0.2) is 0 Å². The Morgan fingerprint density at radius 2 is 1.67 bits per heavy atom. The standard InChI is InChI=1S/C21H38O3/c1-5-6-7-8-9-10-11-12-13-19(22)23-18-16-17-14-15-21(18,4)24-20(17,2)3/h17-18H,5-16H2,1-4H3/t17-,18+,21+/m0/s1. The summed E-state index contributed by atoms with van der Waals surface area (Å²) in [6, 6.07) is 0. The molecule has 0 N–H and O–H groups in total. The summed E-state index contributed by atoms with van der Waals surface area (Å²) >= 11 is 0. The van der Waals surface area contributed by atoms with E-state index in [1.165, 1.54) is 44.9 Å². The Balaban J connectivity index is 1.61. The average Bonchev–Trinajstić information content (AvgIpc) is 2.50. The predicted molar refractivity (Wildman–Crippen MR) is 98.0 cm³/mol. The minimum atomic E-state index is -0.285. The Labute approximate surface area is 148 Å². The first-order chi connectivity index (χ1) is 11.4. The highest BCUT2D eigenvalue weighted by atomic mass is 16.6. The average molecular weight is 339 g/mol. The van der Waals surface area contributed by atoms with Gasteiger partial charge in [-0.2, -0.15) is 0 Å². The number of carbonyl (C=O) groups is 1. The van der Waals surface area contributed by atoms with E-state index in [2.05, 4.69) is 27.7 Å². The van der Waals surface area contributed by atoms with Crippen molar-refractivity contribution in [1.29, 1.82) is 0 Å². The highest BCUT2D eigenvalue weighted by Crippen LogP contribution is 2.50. The Morgan fingerprint density at radius 3 is 2.25 bits per heavy atom. The fourth-order valence-corrected chi connectivity index (χ4v) is 4.47. The number of rotatable bonds is 10. The molecule has 0 aromatic heterocycles. The van der Waals surface area contributed by atoms with Crippen molar-refractivity contribution in [2.45, 2.75) is 122 Å². The molecular formula is C21H38O3. The molecule has 2 saturated heterocycles. The number of esters is 1. The van der Waals surface area contributed by atoms with E-state index in [0.717, 1.165) is 25.7 Å². The molecule has 3 aliphatic rings. The second kappa shape index (κ2) is 8.69. The minimum absolute atomic E-state index is 0.0267. The third-order valence-electron chi connectivity index (χ3n) is 6.16. The van der Waals surface area contributed by atoms with Gasteiger partial charge in [-0.05, 0) is 52.4 Å². The van der Waals surface area contributed by atoms with Crippen molar-refractivity contribution in [3.63, 3.8) is 0 Å². The number of unbranched alkanes of at least 4 members (excludes halogenated alkanes) is 7. The summed E-state index contributed by atoms with van der Waals surface area (Å²) < 4.78 is 12.1. The second-order valence-electron chi connectivity index (χ2n) is 8.69. The van der Waals surface area contributed by atoms with Gasteiger partial charge in [0.1, 0.15) is 11.7 Å². The molecule has 1 aliphatic carbocycles. The molecule has 3 nitrogen and oxygen atoms in total. The smallest absolute Gasteiger partial charge is 0.306 e. The van der Waals surface area contributed by atoms with Gasteiger partial charge in [-0.25, -0.2) is 0 Å². The lowest BCUT2D eigenvalue weighted by molar-refractivity contribution is -0.278. The summed E-state index contributed by atoms with van der Waals surface area (Å²) in [5, 5.41) is 0. The molecule has 0 spiro atoms. The number of fused-ring (bicyclic) bond motifs is 3. The molecule has 2 bridgehead atoms. The Morgan fingerprint density at radius 1 is 1.04 bits per heavy atom. The van der Waals surface area contributed by atoms with Crippen LogP contribution in [0.2, 0.25) is 0 Å². The number of hydrogen-bond donors (Lipinski definition) is 0. The van der Waals surface area contributed by atoms with E-state index in [0.29, 0.717) is 12.3 Å². The van der Waals surface area contributed by atoms with Gasteiger partial charge < -0.3 is 9.47 Å². The molecule has 3 heteroatoms. The summed E-state index contributed by atoms with van der Waals surface area (Å²) in [6.07, 6.45) is 13.7. The van der Waals surface area contributed by atoms with E-state index in [-0.39, 0.29) is 23.3 Å². The maximum absolute atomic E-state index is 12.2. The molecule has 2 aliphatic heterocycles. The van der Waals surface area contributed by atoms with E-state index in [4.69, 9.17) is 9.47 Å². The molecule has 3 atom stereocenters. The van der Waals surface area contributed by atoms with Crippen LogP contribution in [0.5, 0.6) is 0 Å². The van der Waals surface area contributed by atoms with Crippen LogP contribution in [0, 0.1) is 5.92 Å². The van der Waals surface area contributed by atoms with Crippen LogP contribution >= 0.6 is 0 Å². The molecule has 0 amide bonds. The molecule has 0 radical (unpaired) electrons. The zero-order valence-electron chi connectivity index (χ0n) is 16.4. The molecule has 0 aromatic carbocycles. The van der Waals surface area contributed by atoms with Gasteiger partial charge in [0.25, 0.3) is 0 Å². The van der Waals surface area contributed by atoms with E-state index < -0.39 is 0 Å². The van der Waals surface area contributed by atoms with Crippen LogP contribution in [0.15, 0.2) is 0 Å². The molecule has 3 fully saturated rings. The van der Waals surface area contributed by atoms with Gasteiger partial charge in [-0.3, -0.25) is 4.79 Å². The minimum Gasteiger partial charge on any atom is -0.459 e. The van der Waals surface area contributed by atoms with Gasteiger partial charge in [0, 0.05) is 6.42 Å². The molecule has 140 valence electrons. The van der Waals surface area contributed by atoms with Crippen molar-refractivity contribution in [3.8, 4) is 0 Å². The number of hydrogen-bond acceptors (Lipinski definition) is 3. The van der Waals surface area contributed by atoms with Gasteiger partial charge in [-0.1, -0.05) is 51.9 Å². The van der Waals surface area contributed by atoms with Crippen LogP contribution in [0.3, 0.4) is 0 Å². The number of ether oxygens (including phenoxy) is 2. The molecule has 0 unspecified atom stereocenters. The van der Waals surface area contributed by atoms with Gasteiger partial charge in [0.2, 0.25) is 0 Å². The Bertz CT molecular complexity index is 404. The molecule has 2 heterocycles. The summed E-state index contributed by atoms with van der Waals surface area (Å²) in [5.74, 6) is 0.487. The lowest BCUT2D eigenvalue weighted by Crippen LogP contribution is -2.62. The van der Waals surface area contributed by atoms with Crippen LogP contribution in [0.25, 0.3) is 0 Å².